The molecule has 0 aliphatic carbocycles. The van der Waals surface area contributed by atoms with Gasteiger partial charge in [-0.15, -0.1) is 0 Å². The van der Waals surface area contributed by atoms with Crippen molar-refractivity contribution in [3.63, 3.8) is 0 Å². The quantitative estimate of drug-likeness (QED) is 0.380. The zero-order chi connectivity index (χ0) is 18.6. The van der Waals surface area contributed by atoms with Crippen molar-refractivity contribution in [2.24, 2.45) is 4.99 Å². The summed E-state index contributed by atoms with van der Waals surface area (Å²) >= 11 is 0. The van der Waals surface area contributed by atoms with Gasteiger partial charge in [0.1, 0.15) is 5.75 Å². The molecule has 6 heteroatoms. The summed E-state index contributed by atoms with van der Waals surface area (Å²) in [5.74, 6) is 1.74. The molecule has 146 valence electrons. The van der Waals surface area contributed by atoms with E-state index in [0.717, 1.165) is 43.5 Å². The number of likely N-dealkylation sites (N-methyl/N-ethyl adjacent to an activating group) is 1. The largest absolute Gasteiger partial charge is 0.496 e. The highest BCUT2D eigenvalue weighted by Crippen LogP contribution is 2.18. The van der Waals surface area contributed by atoms with Gasteiger partial charge in [0.25, 0.3) is 0 Å². The summed E-state index contributed by atoms with van der Waals surface area (Å²) in [6.07, 6.45) is 2.54. The molecule has 1 aromatic carbocycles. The Balaban J connectivity index is 1.71. The summed E-state index contributed by atoms with van der Waals surface area (Å²) in [7, 11) is 1.68. The molecule has 1 atom stereocenters. The Morgan fingerprint density at radius 3 is 2.88 bits per heavy atom. The molecule has 1 aliphatic rings. The number of benzene rings is 1. The predicted octanol–water partition coefficient (Wildman–Crippen LogP) is 2.25. The SMILES string of the molecule is CCNC(=NCC1CCCN1CC)NCCOCc1ccccc1OC. The molecule has 2 rings (SSSR count). The zero-order valence-corrected chi connectivity index (χ0v) is 16.5. The Labute approximate surface area is 158 Å². The Morgan fingerprint density at radius 1 is 1.27 bits per heavy atom. The number of hydrogen-bond acceptors (Lipinski definition) is 4. The maximum atomic E-state index is 5.77. The van der Waals surface area contributed by atoms with Crippen molar-refractivity contribution in [2.45, 2.75) is 39.3 Å². The first kappa shape index (κ1) is 20.5. The van der Waals surface area contributed by atoms with Gasteiger partial charge in [-0.1, -0.05) is 25.1 Å². The second-order valence-electron chi connectivity index (χ2n) is 6.44. The van der Waals surface area contributed by atoms with E-state index in [-0.39, 0.29) is 0 Å². The summed E-state index contributed by atoms with van der Waals surface area (Å²) < 4.78 is 11.1. The maximum absolute atomic E-state index is 5.77. The number of aliphatic imine (C=N–C) groups is 1. The predicted molar refractivity (Wildman–Crippen MR) is 107 cm³/mol. The molecule has 1 heterocycles. The van der Waals surface area contributed by atoms with Crippen molar-refractivity contribution >= 4 is 5.96 Å². The van der Waals surface area contributed by atoms with E-state index in [1.807, 2.05) is 24.3 Å². The molecule has 1 saturated heterocycles. The van der Waals surface area contributed by atoms with E-state index in [4.69, 9.17) is 14.5 Å². The minimum atomic E-state index is 0.549. The fourth-order valence-corrected chi connectivity index (χ4v) is 3.30. The molecular weight excluding hydrogens is 328 g/mol. The van der Waals surface area contributed by atoms with Crippen LogP contribution in [-0.2, 0) is 11.3 Å². The molecule has 1 unspecified atom stereocenters. The average Bonchev–Trinajstić information content (AvgIpc) is 3.13. The van der Waals surface area contributed by atoms with E-state index in [0.29, 0.717) is 19.3 Å². The van der Waals surface area contributed by atoms with Crippen LogP contribution in [0.3, 0.4) is 0 Å². The van der Waals surface area contributed by atoms with Crippen molar-refractivity contribution in [1.82, 2.24) is 15.5 Å². The Hall–Kier alpha value is -1.79. The van der Waals surface area contributed by atoms with Crippen molar-refractivity contribution in [3.8, 4) is 5.75 Å². The normalized spacial score (nSPS) is 18.1. The van der Waals surface area contributed by atoms with Crippen molar-refractivity contribution in [2.75, 3.05) is 46.4 Å². The monoisotopic (exact) mass is 362 g/mol. The van der Waals surface area contributed by atoms with E-state index >= 15 is 0 Å². The number of guanidine groups is 1. The van der Waals surface area contributed by atoms with E-state index in [9.17, 15) is 0 Å². The molecule has 26 heavy (non-hydrogen) atoms. The molecule has 0 amide bonds. The highest BCUT2D eigenvalue weighted by atomic mass is 16.5. The van der Waals surface area contributed by atoms with Crippen LogP contribution in [0.25, 0.3) is 0 Å². The number of para-hydroxylation sites is 1. The van der Waals surface area contributed by atoms with Crippen LogP contribution < -0.4 is 15.4 Å². The summed E-state index contributed by atoms with van der Waals surface area (Å²) in [6.45, 7) is 10.2. The van der Waals surface area contributed by atoms with Gasteiger partial charge in [-0.05, 0) is 38.9 Å². The zero-order valence-electron chi connectivity index (χ0n) is 16.5. The Morgan fingerprint density at radius 2 is 2.12 bits per heavy atom. The van der Waals surface area contributed by atoms with Crippen LogP contribution in [0.2, 0.25) is 0 Å². The van der Waals surface area contributed by atoms with E-state index in [1.165, 1.54) is 19.4 Å². The van der Waals surface area contributed by atoms with E-state index in [1.54, 1.807) is 7.11 Å². The topological polar surface area (TPSA) is 58.1 Å². The molecule has 0 saturated carbocycles. The van der Waals surface area contributed by atoms with Crippen LogP contribution >= 0.6 is 0 Å². The van der Waals surface area contributed by atoms with Crippen LogP contribution in [0.1, 0.15) is 32.3 Å². The summed E-state index contributed by atoms with van der Waals surface area (Å²) in [5.41, 5.74) is 1.07. The number of methoxy groups -OCH3 is 1. The third kappa shape index (κ3) is 6.50. The molecule has 1 aliphatic heterocycles. The van der Waals surface area contributed by atoms with Gasteiger partial charge in [0, 0.05) is 24.7 Å². The van der Waals surface area contributed by atoms with Crippen molar-refractivity contribution < 1.29 is 9.47 Å². The molecular formula is C20H34N4O2. The molecule has 1 fully saturated rings. The first-order chi connectivity index (χ1) is 12.8. The van der Waals surface area contributed by atoms with Crippen molar-refractivity contribution in [1.29, 1.82) is 0 Å². The Kier molecular flexibility index (Phi) is 9.28. The van der Waals surface area contributed by atoms with Crippen LogP contribution in [0.15, 0.2) is 29.3 Å². The van der Waals surface area contributed by atoms with E-state index < -0.39 is 0 Å². The minimum Gasteiger partial charge on any atom is -0.496 e. The number of nitrogens with one attached hydrogen (secondary N) is 2. The van der Waals surface area contributed by atoms with Gasteiger partial charge in [0.05, 0.1) is 26.9 Å². The lowest BCUT2D eigenvalue weighted by molar-refractivity contribution is 0.123. The van der Waals surface area contributed by atoms with Gasteiger partial charge in [0.2, 0.25) is 0 Å². The first-order valence-corrected chi connectivity index (χ1v) is 9.74. The highest BCUT2D eigenvalue weighted by Gasteiger charge is 2.22. The first-order valence-electron chi connectivity index (χ1n) is 9.74. The number of likely N-dealkylation sites (tertiary alicyclic amines) is 1. The summed E-state index contributed by atoms with van der Waals surface area (Å²) in [4.78, 5) is 7.27. The summed E-state index contributed by atoms with van der Waals surface area (Å²) in [5, 5.41) is 6.67. The lowest BCUT2D eigenvalue weighted by Crippen LogP contribution is -2.40. The Bertz CT molecular complexity index is 550. The van der Waals surface area contributed by atoms with Crippen molar-refractivity contribution in [3.05, 3.63) is 29.8 Å². The van der Waals surface area contributed by atoms with Gasteiger partial charge in [0.15, 0.2) is 5.96 Å². The maximum Gasteiger partial charge on any atom is 0.191 e. The molecule has 0 aromatic heterocycles. The summed E-state index contributed by atoms with van der Waals surface area (Å²) in [6, 6.07) is 8.52. The van der Waals surface area contributed by atoms with Crippen LogP contribution in [0.5, 0.6) is 5.75 Å². The fraction of sp³-hybridized carbons (Fsp3) is 0.650. The number of ether oxygens (including phenoxy) is 2. The second-order valence-corrected chi connectivity index (χ2v) is 6.44. The molecule has 0 radical (unpaired) electrons. The second kappa shape index (κ2) is 11.8. The molecule has 6 nitrogen and oxygen atoms in total. The van der Waals surface area contributed by atoms with Crippen LogP contribution in [0, 0.1) is 0 Å². The fourth-order valence-electron chi connectivity index (χ4n) is 3.30. The van der Waals surface area contributed by atoms with Gasteiger partial charge >= 0.3 is 0 Å². The highest BCUT2D eigenvalue weighted by molar-refractivity contribution is 5.79. The smallest absolute Gasteiger partial charge is 0.191 e. The standard InChI is InChI=1S/C20H34N4O2/c1-4-21-20(23-15-18-10-8-13-24(18)5-2)22-12-14-26-16-17-9-6-7-11-19(17)25-3/h6-7,9,11,18H,4-5,8,10,12-16H2,1-3H3,(H2,21,22,23). The molecule has 0 bridgehead atoms. The number of rotatable bonds is 10. The molecule has 2 N–H and O–H groups in total. The van der Waals surface area contributed by atoms with Gasteiger partial charge in [-0.2, -0.15) is 0 Å². The molecule has 1 aromatic rings. The average molecular weight is 363 g/mol. The van der Waals surface area contributed by atoms with Crippen LogP contribution in [0.4, 0.5) is 0 Å². The van der Waals surface area contributed by atoms with E-state index in [2.05, 4.69) is 29.4 Å². The lowest BCUT2D eigenvalue weighted by atomic mass is 10.2. The van der Waals surface area contributed by atoms with Gasteiger partial charge in [-0.3, -0.25) is 9.89 Å². The third-order valence-corrected chi connectivity index (χ3v) is 4.70. The lowest BCUT2D eigenvalue weighted by Gasteiger charge is -2.21. The number of hydrogen-bond donors (Lipinski definition) is 2. The van der Waals surface area contributed by atoms with Crippen LogP contribution in [-0.4, -0.2) is 63.3 Å². The number of nitrogens with zero attached hydrogens (tertiary/aromatic N) is 2. The molecule has 0 spiro atoms. The van der Waals surface area contributed by atoms with Gasteiger partial charge < -0.3 is 20.1 Å². The third-order valence-electron chi connectivity index (χ3n) is 4.70. The minimum absolute atomic E-state index is 0.549. The van der Waals surface area contributed by atoms with Gasteiger partial charge in [-0.25, -0.2) is 0 Å².